The van der Waals surface area contributed by atoms with Crippen molar-refractivity contribution in [1.29, 1.82) is 0 Å². The molecular weight excluding hydrogens is 393 g/mol. The molecule has 2 rings (SSSR count). The zero-order valence-corrected chi connectivity index (χ0v) is 15.8. The lowest BCUT2D eigenvalue weighted by Gasteiger charge is -2.10. The van der Waals surface area contributed by atoms with Crippen molar-refractivity contribution in [3.8, 4) is 0 Å². The van der Waals surface area contributed by atoms with Gasteiger partial charge in [0, 0.05) is 23.0 Å². The van der Waals surface area contributed by atoms with Crippen molar-refractivity contribution in [3.05, 3.63) is 65.2 Å². The Morgan fingerprint density at radius 1 is 1.00 bits per heavy atom. The van der Waals surface area contributed by atoms with Gasteiger partial charge in [0.15, 0.2) is 0 Å². The highest BCUT2D eigenvalue weighted by molar-refractivity contribution is 7.86. The summed E-state index contributed by atoms with van der Waals surface area (Å²) in [6.45, 7) is 1.77. The van der Waals surface area contributed by atoms with Crippen molar-refractivity contribution < 1.29 is 27.0 Å². The van der Waals surface area contributed by atoms with Crippen molar-refractivity contribution in [2.24, 2.45) is 0 Å². The normalized spacial score (nSPS) is 12.3. The first-order valence-corrected chi connectivity index (χ1v) is 9.76. The number of carbonyl (C=O) groups is 2. The second-order valence-electron chi connectivity index (χ2n) is 6.12. The molecule has 0 aliphatic rings. The molecule has 0 radical (unpaired) electrons. The van der Waals surface area contributed by atoms with Crippen molar-refractivity contribution in [2.45, 2.75) is 19.6 Å². The average molecular weight is 412 g/mol. The van der Waals surface area contributed by atoms with E-state index in [0.29, 0.717) is 5.69 Å². The van der Waals surface area contributed by atoms with Crippen LogP contribution in [0.15, 0.2) is 48.5 Å². The molecule has 2 amide bonds. The number of alkyl halides is 3. The maximum Gasteiger partial charge on any atom is 0.416 e. The summed E-state index contributed by atoms with van der Waals surface area (Å²) in [4.78, 5) is 23.7. The summed E-state index contributed by atoms with van der Waals surface area (Å²) in [5.41, 5.74) is 1.04. The zero-order chi connectivity index (χ0) is 20.7. The number of hydrogen-bond donors (Lipinski definition) is 2. The second-order valence-corrected chi connectivity index (χ2v) is 7.57. The molecule has 0 heterocycles. The van der Waals surface area contributed by atoms with Crippen molar-refractivity contribution in [1.82, 2.24) is 5.32 Å². The molecule has 2 aromatic rings. The molecule has 0 aromatic heterocycles. The Bertz CT molecular complexity index is 867. The molecule has 0 saturated heterocycles. The first-order valence-electron chi connectivity index (χ1n) is 8.28. The highest BCUT2D eigenvalue weighted by Crippen LogP contribution is 2.29. The quantitative estimate of drug-likeness (QED) is 0.734. The number of nitrogens with one attached hydrogen (secondary N) is 2. The molecule has 0 saturated carbocycles. The van der Waals surface area contributed by atoms with Gasteiger partial charge in [-0.05, 0) is 36.8 Å². The van der Waals surface area contributed by atoms with E-state index in [4.69, 9.17) is 0 Å². The topological polar surface area (TPSA) is 75.3 Å². The van der Waals surface area contributed by atoms with E-state index in [0.717, 1.165) is 17.7 Å². The van der Waals surface area contributed by atoms with Crippen LogP contribution in [0.5, 0.6) is 0 Å². The van der Waals surface area contributed by atoms with Gasteiger partial charge in [-0.2, -0.15) is 13.2 Å². The Kier molecular flexibility index (Phi) is 7.33. The van der Waals surface area contributed by atoms with Crippen molar-refractivity contribution in [3.63, 3.8) is 0 Å². The highest BCUT2D eigenvalue weighted by atomic mass is 32.2. The molecule has 0 unspecified atom stereocenters. The summed E-state index contributed by atoms with van der Waals surface area (Å²) in [6, 6.07) is 11.6. The van der Waals surface area contributed by atoms with Crippen LogP contribution in [-0.4, -0.2) is 27.5 Å². The minimum Gasteiger partial charge on any atom is -0.351 e. The molecule has 0 bridgehead atoms. The van der Waals surface area contributed by atoms with E-state index in [1.807, 2.05) is 19.1 Å². The molecule has 5 nitrogen and oxygen atoms in total. The van der Waals surface area contributed by atoms with Crippen LogP contribution in [0, 0.1) is 6.92 Å². The molecule has 150 valence electrons. The van der Waals surface area contributed by atoms with E-state index in [1.54, 1.807) is 12.1 Å². The smallest absolute Gasteiger partial charge is 0.351 e. The Balaban J connectivity index is 1.78. The molecule has 0 spiro atoms. The summed E-state index contributed by atoms with van der Waals surface area (Å²) in [7, 11) is -1.74. The molecule has 0 fully saturated rings. The van der Waals surface area contributed by atoms with Gasteiger partial charge in [-0.3, -0.25) is 13.8 Å². The van der Waals surface area contributed by atoms with Crippen LogP contribution in [0.1, 0.15) is 16.7 Å². The number of amides is 2. The third kappa shape index (κ3) is 7.15. The van der Waals surface area contributed by atoms with E-state index in [-0.39, 0.29) is 17.9 Å². The minimum atomic E-state index is -4.47. The predicted molar refractivity (Wildman–Crippen MR) is 101 cm³/mol. The van der Waals surface area contributed by atoms with Crippen LogP contribution in [-0.2, 0) is 33.1 Å². The van der Waals surface area contributed by atoms with Gasteiger partial charge in [0.25, 0.3) is 0 Å². The summed E-state index contributed by atoms with van der Waals surface area (Å²) < 4.78 is 50.0. The number of hydrogen-bond acceptors (Lipinski definition) is 3. The fourth-order valence-electron chi connectivity index (χ4n) is 2.29. The molecule has 0 aliphatic heterocycles. The van der Waals surface area contributed by atoms with Gasteiger partial charge in [0.05, 0.1) is 5.56 Å². The number of benzene rings is 2. The third-order valence-corrected chi connectivity index (χ3v) is 4.83. The number of halogens is 3. The van der Waals surface area contributed by atoms with Gasteiger partial charge in [0.1, 0.15) is 11.5 Å². The average Bonchev–Trinajstić information content (AvgIpc) is 2.61. The van der Waals surface area contributed by atoms with Crippen LogP contribution in [0.25, 0.3) is 0 Å². The zero-order valence-electron chi connectivity index (χ0n) is 15.0. The van der Waals surface area contributed by atoms with Crippen LogP contribution in [0.4, 0.5) is 18.9 Å². The lowest BCUT2D eigenvalue weighted by atomic mass is 10.1. The number of aryl methyl sites for hydroxylation is 1. The lowest BCUT2D eigenvalue weighted by molar-refractivity contribution is -0.137. The summed E-state index contributed by atoms with van der Waals surface area (Å²) in [6.07, 6.45) is -4.47. The molecule has 28 heavy (non-hydrogen) atoms. The van der Waals surface area contributed by atoms with Gasteiger partial charge >= 0.3 is 6.18 Å². The monoisotopic (exact) mass is 412 g/mol. The number of rotatable bonds is 7. The second kappa shape index (κ2) is 9.50. The Morgan fingerprint density at radius 2 is 1.64 bits per heavy atom. The van der Waals surface area contributed by atoms with E-state index in [2.05, 4.69) is 10.6 Å². The fraction of sp³-hybridized carbons (Fsp3) is 0.263. The SMILES string of the molecule is Cc1ccc(NC(=O)C[S@@](=O)CC(=O)NCc2cccc(C(F)(F)F)c2)cc1. The molecular formula is C19H19F3N2O3S. The largest absolute Gasteiger partial charge is 0.416 e. The molecule has 2 aromatic carbocycles. The molecule has 2 N–H and O–H groups in total. The van der Waals surface area contributed by atoms with Crippen molar-refractivity contribution in [2.75, 3.05) is 16.8 Å². The van der Waals surface area contributed by atoms with E-state index in [9.17, 15) is 27.0 Å². The molecule has 1 atom stereocenters. The van der Waals surface area contributed by atoms with Gasteiger partial charge in [0.2, 0.25) is 11.8 Å². The highest BCUT2D eigenvalue weighted by Gasteiger charge is 2.30. The summed E-state index contributed by atoms with van der Waals surface area (Å²) >= 11 is 0. The van der Waals surface area contributed by atoms with Gasteiger partial charge < -0.3 is 10.6 Å². The molecule has 0 aliphatic carbocycles. The van der Waals surface area contributed by atoms with E-state index < -0.39 is 40.1 Å². The maximum atomic E-state index is 12.7. The minimum absolute atomic E-state index is 0.129. The lowest BCUT2D eigenvalue weighted by Crippen LogP contribution is -2.31. The Labute approximate surface area is 162 Å². The van der Waals surface area contributed by atoms with Gasteiger partial charge in [-0.25, -0.2) is 0 Å². The van der Waals surface area contributed by atoms with Crippen LogP contribution < -0.4 is 10.6 Å². The Morgan fingerprint density at radius 3 is 2.29 bits per heavy atom. The number of carbonyl (C=O) groups excluding carboxylic acids is 2. The first kappa shape index (κ1) is 21.6. The predicted octanol–water partition coefficient (Wildman–Crippen LogP) is 3.02. The van der Waals surface area contributed by atoms with Crippen LogP contribution >= 0.6 is 0 Å². The van der Waals surface area contributed by atoms with Crippen LogP contribution in [0.3, 0.4) is 0 Å². The van der Waals surface area contributed by atoms with Gasteiger partial charge in [-0.1, -0.05) is 29.8 Å². The van der Waals surface area contributed by atoms with Crippen LogP contribution in [0.2, 0.25) is 0 Å². The first-order chi connectivity index (χ1) is 13.1. The van der Waals surface area contributed by atoms with E-state index in [1.165, 1.54) is 12.1 Å². The Hall–Kier alpha value is -2.68. The fourth-order valence-corrected chi connectivity index (χ4v) is 3.15. The third-order valence-electron chi connectivity index (χ3n) is 3.66. The summed E-state index contributed by atoms with van der Waals surface area (Å²) in [5, 5.41) is 4.99. The number of anilines is 1. The summed E-state index contributed by atoms with van der Waals surface area (Å²) in [5.74, 6) is -1.88. The van der Waals surface area contributed by atoms with Crippen molar-refractivity contribution >= 4 is 28.3 Å². The maximum absolute atomic E-state index is 12.7. The molecule has 9 heteroatoms. The standard InChI is InChI=1S/C19H19F3N2O3S/c1-13-5-7-16(8-6-13)24-18(26)12-28(27)11-17(25)23-10-14-3-2-4-15(9-14)19(20,21)22/h2-9H,10-12H2,1H3,(H,23,25)(H,24,26)/t28-/m0/s1. The van der Waals surface area contributed by atoms with Gasteiger partial charge in [-0.15, -0.1) is 0 Å². The van der Waals surface area contributed by atoms with E-state index >= 15 is 0 Å².